The number of ketones is 1. The van der Waals surface area contributed by atoms with Crippen molar-refractivity contribution in [3.8, 4) is 0 Å². The summed E-state index contributed by atoms with van der Waals surface area (Å²) >= 11 is 0. The van der Waals surface area contributed by atoms with E-state index in [2.05, 4.69) is 25.7 Å². The van der Waals surface area contributed by atoms with Crippen LogP contribution in [-0.2, 0) is 23.8 Å². The van der Waals surface area contributed by atoms with Crippen LogP contribution in [0.5, 0.6) is 0 Å². The highest BCUT2D eigenvalue weighted by molar-refractivity contribution is 7.86. The van der Waals surface area contributed by atoms with Gasteiger partial charge in [0.2, 0.25) is 0 Å². The van der Waals surface area contributed by atoms with Crippen LogP contribution in [0.1, 0.15) is 79.1 Å². The Labute approximate surface area is 206 Å². The maximum atomic E-state index is 12.5. The van der Waals surface area contributed by atoms with Gasteiger partial charge in [0.05, 0.1) is 25.1 Å². The largest absolute Gasteiger partial charge is 0.376 e. The van der Waals surface area contributed by atoms with E-state index in [4.69, 9.17) is 8.92 Å². The molecule has 7 heteroatoms. The lowest BCUT2D eigenvalue weighted by atomic mass is 9.44. The first-order chi connectivity index (χ1) is 15.9. The molecule has 0 aromatic heterocycles. The molecular weight excluding hydrogens is 450 g/mol. The summed E-state index contributed by atoms with van der Waals surface area (Å²) in [6.45, 7) is 11.2. The van der Waals surface area contributed by atoms with Crippen molar-refractivity contribution in [3.05, 3.63) is 0 Å². The molecule has 10 atom stereocenters. The van der Waals surface area contributed by atoms with Crippen molar-refractivity contribution in [1.82, 2.24) is 4.90 Å². The van der Waals surface area contributed by atoms with Crippen LogP contribution >= 0.6 is 0 Å². The van der Waals surface area contributed by atoms with Gasteiger partial charge in [0.15, 0.2) is 0 Å². The van der Waals surface area contributed by atoms with Gasteiger partial charge in [-0.15, -0.1) is 0 Å². The standard InChI is InChI=1S/C27H45NO5S/c1-17-16-28(12-13-32-17)24-15-27(4)19(14-25(24)33-34(5,30)31)6-7-20-22-9-8-21(18(2)29)26(22,3)11-10-23(20)27/h17,19-25H,6-16H2,1-5H3/t17-,19-,20-,21+,22-,23-,24-,25-,26+,27-/m0/s1. The third kappa shape index (κ3) is 4.20. The van der Waals surface area contributed by atoms with Crippen molar-refractivity contribution >= 4 is 15.9 Å². The van der Waals surface area contributed by atoms with Crippen LogP contribution in [0, 0.1) is 40.4 Å². The van der Waals surface area contributed by atoms with Crippen molar-refractivity contribution in [2.45, 2.75) is 97.3 Å². The fraction of sp³-hybridized carbons (Fsp3) is 0.963. The number of carbonyl (C=O) groups excluding carboxylic acids is 1. The van der Waals surface area contributed by atoms with Crippen molar-refractivity contribution < 1.29 is 22.1 Å². The van der Waals surface area contributed by atoms with Gasteiger partial charge in [-0.3, -0.25) is 13.9 Å². The van der Waals surface area contributed by atoms with E-state index in [-0.39, 0.29) is 35.0 Å². The van der Waals surface area contributed by atoms with E-state index in [0.29, 0.717) is 36.1 Å². The molecule has 0 unspecified atom stereocenters. The van der Waals surface area contributed by atoms with E-state index in [1.54, 1.807) is 6.92 Å². The van der Waals surface area contributed by atoms with Crippen LogP contribution in [0.4, 0.5) is 0 Å². The molecule has 1 aliphatic heterocycles. The number of nitrogens with zero attached hydrogens (tertiary/aromatic N) is 1. The van der Waals surface area contributed by atoms with Gasteiger partial charge in [0.25, 0.3) is 10.1 Å². The van der Waals surface area contributed by atoms with Crippen LogP contribution in [0.2, 0.25) is 0 Å². The zero-order chi connectivity index (χ0) is 24.5. The van der Waals surface area contributed by atoms with Gasteiger partial charge in [-0.25, -0.2) is 0 Å². The summed E-state index contributed by atoms with van der Waals surface area (Å²) in [7, 11) is -3.51. The molecule has 0 N–H and O–H groups in total. The SMILES string of the molecule is CC(=O)[C@H]1CC[C@H]2[C@@H]3CC[C@H]4C[C@H](OS(C)(=O)=O)[C@@H](N5CCO[C@@H](C)C5)C[C@]4(C)[C@H]3CC[C@]12C. The monoisotopic (exact) mass is 495 g/mol. The Hall–Kier alpha value is -0.500. The lowest BCUT2D eigenvalue weighted by molar-refractivity contribution is -0.155. The Kier molecular flexibility index (Phi) is 6.52. The Bertz CT molecular complexity index is 907. The third-order valence-electron chi connectivity index (χ3n) is 11.2. The van der Waals surface area contributed by atoms with E-state index in [9.17, 15) is 13.2 Å². The molecule has 0 aromatic rings. The number of hydrogen-bond acceptors (Lipinski definition) is 6. The number of ether oxygens (including phenoxy) is 1. The second-order valence-corrected chi connectivity index (χ2v) is 14.6. The van der Waals surface area contributed by atoms with Gasteiger partial charge < -0.3 is 4.74 Å². The number of Topliss-reactive ketones (excluding diaryl/α,β-unsaturated/α-hetero) is 1. The summed E-state index contributed by atoms with van der Waals surface area (Å²) in [5.74, 6) is 3.15. The smallest absolute Gasteiger partial charge is 0.264 e. The Morgan fingerprint density at radius 3 is 2.47 bits per heavy atom. The predicted octanol–water partition coefficient (Wildman–Crippen LogP) is 4.28. The average molecular weight is 496 g/mol. The highest BCUT2D eigenvalue weighted by Gasteiger charge is 2.62. The van der Waals surface area contributed by atoms with Gasteiger partial charge in [-0.05, 0) is 99.7 Å². The van der Waals surface area contributed by atoms with Crippen molar-refractivity contribution in [1.29, 1.82) is 0 Å². The Morgan fingerprint density at radius 2 is 1.79 bits per heavy atom. The molecule has 1 heterocycles. The second-order valence-electron chi connectivity index (χ2n) is 13.0. The molecule has 34 heavy (non-hydrogen) atoms. The van der Waals surface area contributed by atoms with Crippen LogP contribution < -0.4 is 0 Å². The molecule has 194 valence electrons. The molecule has 4 aliphatic carbocycles. The zero-order valence-electron chi connectivity index (χ0n) is 21.8. The van der Waals surface area contributed by atoms with Crippen molar-refractivity contribution in [2.24, 2.45) is 40.4 Å². The van der Waals surface area contributed by atoms with E-state index < -0.39 is 10.1 Å². The summed E-state index contributed by atoms with van der Waals surface area (Å²) in [5.41, 5.74) is 0.369. The van der Waals surface area contributed by atoms with Gasteiger partial charge >= 0.3 is 0 Å². The molecule has 5 fully saturated rings. The maximum Gasteiger partial charge on any atom is 0.264 e. The number of carbonyl (C=O) groups is 1. The summed E-state index contributed by atoms with van der Waals surface area (Å²) in [4.78, 5) is 14.9. The van der Waals surface area contributed by atoms with Crippen LogP contribution in [0.15, 0.2) is 0 Å². The molecule has 0 aromatic carbocycles. The maximum absolute atomic E-state index is 12.5. The first kappa shape index (κ1) is 25.2. The van der Waals surface area contributed by atoms with Crippen molar-refractivity contribution in [2.75, 3.05) is 26.0 Å². The first-order valence-corrected chi connectivity index (χ1v) is 15.5. The third-order valence-corrected chi connectivity index (χ3v) is 11.8. The van der Waals surface area contributed by atoms with Crippen LogP contribution in [0.25, 0.3) is 0 Å². The molecule has 4 saturated carbocycles. The molecule has 1 saturated heterocycles. The number of morpholine rings is 1. The fourth-order valence-corrected chi connectivity index (χ4v) is 10.4. The van der Waals surface area contributed by atoms with Crippen LogP contribution in [-0.4, -0.2) is 63.3 Å². The van der Waals surface area contributed by atoms with E-state index in [1.165, 1.54) is 25.5 Å². The topological polar surface area (TPSA) is 72.9 Å². The van der Waals surface area contributed by atoms with E-state index >= 15 is 0 Å². The Balaban J connectivity index is 1.43. The fourth-order valence-electron chi connectivity index (χ4n) is 9.77. The highest BCUT2D eigenvalue weighted by Crippen LogP contribution is 2.67. The number of hydrogen-bond donors (Lipinski definition) is 0. The zero-order valence-corrected chi connectivity index (χ0v) is 22.6. The van der Waals surface area contributed by atoms with Crippen molar-refractivity contribution in [3.63, 3.8) is 0 Å². The number of rotatable bonds is 4. The normalized spacial score (nSPS) is 49.7. The second kappa shape index (κ2) is 8.81. The minimum Gasteiger partial charge on any atom is -0.376 e. The van der Waals surface area contributed by atoms with Gasteiger partial charge in [-0.1, -0.05) is 13.8 Å². The lowest BCUT2D eigenvalue weighted by Crippen LogP contribution is -2.62. The van der Waals surface area contributed by atoms with Gasteiger partial charge in [0, 0.05) is 25.0 Å². The molecule has 6 nitrogen and oxygen atoms in total. The summed E-state index contributed by atoms with van der Waals surface area (Å²) in [5, 5.41) is 0. The number of fused-ring (bicyclic) bond motifs is 5. The molecular formula is C27H45NO5S. The minimum atomic E-state index is -3.51. The van der Waals surface area contributed by atoms with E-state index in [1.807, 2.05) is 0 Å². The summed E-state index contributed by atoms with van der Waals surface area (Å²) in [6.07, 6.45) is 9.95. The quantitative estimate of drug-likeness (QED) is 0.542. The molecule has 0 radical (unpaired) electrons. The molecule has 0 bridgehead atoms. The van der Waals surface area contributed by atoms with Crippen LogP contribution in [0.3, 0.4) is 0 Å². The minimum absolute atomic E-state index is 0.114. The highest BCUT2D eigenvalue weighted by atomic mass is 32.2. The average Bonchev–Trinajstić information content (AvgIpc) is 3.10. The molecule has 5 aliphatic rings. The predicted molar refractivity (Wildman–Crippen MR) is 132 cm³/mol. The Morgan fingerprint density at radius 1 is 1.06 bits per heavy atom. The summed E-state index contributed by atoms with van der Waals surface area (Å²) in [6, 6.07) is 0.114. The summed E-state index contributed by atoms with van der Waals surface area (Å²) < 4.78 is 36.0. The first-order valence-electron chi connectivity index (χ1n) is 13.7. The molecule has 5 rings (SSSR count). The molecule has 0 amide bonds. The van der Waals surface area contributed by atoms with Gasteiger partial charge in [0.1, 0.15) is 5.78 Å². The lowest BCUT2D eigenvalue weighted by Gasteiger charge is -2.63. The molecule has 0 spiro atoms. The van der Waals surface area contributed by atoms with E-state index in [0.717, 1.165) is 45.2 Å². The van der Waals surface area contributed by atoms with Gasteiger partial charge in [-0.2, -0.15) is 8.42 Å².